The molecular weight excluding hydrogens is 322 g/mol. The molecule has 7 nitrogen and oxygen atoms in total. The molecule has 2 aliphatic heterocycles. The fourth-order valence-corrected chi connectivity index (χ4v) is 3.51. The molecule has 0 radical (unpaired) electrons. The number of rotatable bonds is 4. The molecule has 0 bridgehead atoms. The quantitative estimate of drug-likeness (QED) is 0.846. The summed E-state index contributed by atoms with van der Waals surface area (Å²) >= 11 is 0. The molecule has 25 heavy (non-hydrogen) atoms. The van der Waals surface area contributed by atoms with E-state index in [-0.39, 0.29) is 5.91 Å². The van der Waals surface area contributed by atoms with Crippen molar-refractivity contribution in [1.29, 1.82) is 0 Å². The van der Waals surface area contributed by atoms with E-state index in [1.807, 2.05) is 4.90 Å². The van der Waals surface area contributed by atoms with Gasteiger partial charge in [0.15, 0.2) is 11.5 Å². The molecule has 134 valence electrons. The van der Waals surface area contributed by atoms with Crippen molar-refractivity contribution in [1.82, 2.24) is 15.0 Å². The zero-order valence-electron chi connectivity index (χ0n) is 14.2. The van der Waals surface area contributed by atoms with Gasteiger partial charge in [-0.25, -0.2) is 0 Å². The molecule has 0 aromatic carbocycles. The summed E-state index contributed by atoms with van der Waals surface area (Å²) in [6.07, 6.45) is 5.19. The number of carbonyl (C=O) groups is 1. The molecule has 2 aliphatic rings. The van der Waals surface area contributed by atoms with Crippen molar-refractivity contribution in [3.05, 3.63) is 30.2 Å². The number of hydrogen-bond donors (Lipinski definition) is 0. The molecule has 2 saturated heterocycles. The summed E-state index contributed by atoms with van der Waals surface area (Å²) in [5.74, 6) is 0.967. The third-order valence-corrected chi connectivity index (χ3v) is 4.85. The van der Waals surface area contributed by atoms with Gasteiger partial charge < -0.3 is 18.6 Å². The normalized spacial score (nSPS) is 22.2. The fourth-order valence-electron chi connectivity index (χ4n) is 3.51. The van der Waals surface area contributed by atoms with Crippen molar-refractivity contribution in [3.8, 4) is 11.5 Å². The number of ether oxygens (including phenoxy) is 1. The summed E-state index contributed by atoms with van der Waals surface area (Å²) in [5.41, 5.74) is 0.332. The van der Waals surface area contributed by atoms with E-state index in [9.17, 15) is 4.79 Å². The molecule has 0 N–H and O–H groups in total. The molecule has 1 amide bonds. The number of carbonyl (C=O) groups excluding carboxylic acids is 1. The van der Waals surface area contributed by atoms with Crippen molar-refractivity contribution < 1.29 is 18.5 Å². The van der Waals surface area contributed by atoms with Crippen LogP contribution in [0.5, 0.6) is 0 Å². The van der Waals surface area contributed by atoms with E-state index >= 15 is 0 Å². The summed E-state index contributed by atoms with van der Waals surface area (Å²) in [7, 11) is 0. The Morgan fingerprint density at radius 1 is 1.20 bits per heavy atom. The highest BCUT2D eigenvalue weighted by Gasteiger charge is 2.25. The molecule has 2 aromatic rings. The van der Waals surface area contributed by atoms with Crippen molar-refractivity contribution >= 4 is 5.91 Å². The molecule has 0 spiro atoms. The highest BCUT2D eigenvalue weighted by molar-refractivity contribution is 5.93. The minimum absolute atomic E-state index is 0.0828. The van der Waals surface area contributed by atoms with Gasteiger partial charge in [-0.15, -0.1) is 0 Å². The van der Waals surface area contributed by atoms with E-state index < -0.39 is 0 Å². The molecule has 2 fully saturated rings. The maximum Gasteiger partial charge on any atom is 0.276 e. The number of amides is 1. The van der Waals surface area contributed by atoms with Crippen molar-refractivity contribution in [2.45, 2.75) is 25.4 Å². The van der Waals surface area contributed by atoms with Crippen LogP contribution in [-0.2, 0) is 4.74 Å². The predicted molar refractivity (Wildman–Crippen MR) is 90.1 cm³/mol. The predicted octanol–water partition coefficient (Wildman–Crippen LogP) is 2.26. The van der Waals surface area contributed by atoms with Crippen molar-refractivity contribution in [2.24, 2.45) is 0 Å². The number of furan rings is 1. The van der Waals surface area contributed by atoms with Gasteiger partial charge in [0.2, 0.25) is 5.76 Å². The molecule has 0 aliphatic carbocycles. The minimum Gasteiger partial charge on any atom is -0.461 e. The smallest absolute Gasteiger partial charge is 0.276 e. The van der Waals surface area contributed by atoms with Crippen LogP contribution >= 0.6 is 0 Å². The van der Waals surface area contributed by atoms with Gasteiger partial charge in [0.25, 0.3) is 5.91 Å². The summed E-state index contributed by atoms with van der Waals surface area (Å²) in [5, 5.41) is 3.92. The highest BCUT2D eigenvalue weighted by Crippen LogP contribution is 2.21. The van der Waals surface area contributed by atoms with Gasteiger partial charge in [-0.3, -0.25) is 9.69 Å². The van der Waals surface area contributed by atoms with Crippen LogP contribution in [0.2, 0.25) is 0 Å². The maximum atomic E-state index is 12.7. The molecule has 4 rings (SSSR count). The minimum atomic E-state index is -0.0828. The van der Waals surface area contributed by atoms with Crippen LogP contribution in [0.4, 0.5) is 0 Å². The van der Waals surface area contributed by atoms with Crippen LogP contribution in [0.1, 0.15) is 29.8 Å². The second kappa shape index (κ2) is 7.41. The number of nitrogens with zero attached hydrogens (tertiary/aromatic N) is 3. The highest BCUT2D eigenvalue weighted by atomic mass is 16.5. The van der Waals surface area contributed by atoms with E-state index in [0.29, 0.717) is 29.9 Å². The lowest BCUT2D eigenvalue weighted by molar-refractivity contribution is 0.0699. The third-order valence-electron chi connectivity index (χ3n) is 4.85. The second-order valence-corrected chi connectivity index (χ2v) is 6.64. The lowest BCUT2D eigenvalue weighted by Gasteiger charge is -2.23. The molecule has 0 saturated carbocycles. The Labute approximate surface area is 146 Å². The average Bonchev–Trinajstić information content (AvgIpc) is 3.35. The Balaban J connectivity index is 1.36. The van der Waals surface area contributed by atoms with Crippen LogP contribution in [0.15, 0.2) is 33.4 Å². The van der Waals surface area contributed by atoms with Crippen LogP contribution < -0.4 is 0 Å². The first kappa shape index (κ1) is 16.4. The van der Waals surface area contributed by atoms with E-state index in [0.717, 1.165) is 52.0 Å². The fraction of sp³-hybridized carbons (Fsp3) is 0.556. The lowest BCUT2D eigenvalue weighted by atomic mass is 10.2. The second-order valence-electron chi connectivity index (χ2n) is 6.64. The molecule has 1 atom stereocenters. The van der Waals surface area contributed by atoms with Crippen LogP contribution in [0.25, 0.3) is 11.5 Å². The van der Waals surface area contributed by atoms with Crippen molar-refractivity contribution in [3.63, 3.8) is 0 Å². The Morgan fingerprint density at radius 2 is 2.16 bits per heavy atom. The van der Waals surface area contributed by atoms with Gasteiger partial charge in [0.1, 0.15) is 0 Å². The van der Waals surface area contributed by atoms with Crippen molar-refractivity contribution in [2.75, 3.05) is 39.3 Å². The Morgan fingerprint density at radius 3 is 2.96 bits per heavy atom. The summed E-state index contributed by atoms with van der Waals surface area (Å²) in [4.78, 5) is 17.0. The Kier molecular flexibility index (Phi) is 4.85. The van der Waals surface area contributed by atoms with Gasteiger partial charge in [-0.1, -0.05) is 5.16 Å². The van der Waals surface area contributed by atoms with E-state index in [1.54, 1.807) is 24.5 Å². The first-order valence-electron chi connectivity index (χ1n) is 8.93. The maximum absolute atomic E-state index is 12.7. The van der Waals surface area contributed by atoms with E-state index in [2.05, 4.69) is 10.1 Å². The average molecular weight is 345 g/mol. The summed E-state index contributed by atoms with van der Waals surface area (Å²) < 4.78 is 16.2. The van der Waals surface area contributed by atoms with Gasteiger partial charge in [0.05, 0.1) is 12.4 Å². The van der Waals surface area contributed by atoms with Gasteiger partial charge in [-0.2, -0.15) is 0 Å². The van der Waals surface area contributed by atoms with E-state index in [1.165, 1.54) is 0 Å². The van der Waals surface area contributed by atoms with Gasteiger partial charge in [-0.05, 0) is 37.9 Å². The lowest BCUT2D eigenvalue weighted by Crippen LogP contribution is -2.37. The van der Waals surface area contributed by atoms with Gasteiger partial charge >= 0.3 is 0 Å². The summed E-state index contributed by atoms with van der Waals surface area (Å²) in [6.45, 7) is 5.16. The number of aromatic nitrogens is 1. The van der Waals surface area contributed by atoms with Crippen LogP contribution in [0.3, 0.4) is 0 Å². The zero-order chi connectivity index (χ0) is 17.1. The SMILES string of the molecule is O=C(c1cc(-c2ccco2)on1)N1CCCN(CC2CCCO2)CC1. The van der Waals surface area contributed by atoms with Crippen LogP contribution in [0, 0.1) is 0 Å². The summed E-state index contributed by atoms with van der Waals surface area (Å²) in [6, 6.07) is 5.21. The molecule has 2 aromatic heterocycles. The largest absolute Gasteiger partial charge is 0.461 e. The first-order chi connectivity index (χ1) is 12.3. The molecular formula is C18H23N3O4. The molecule has 4 heterocycles. The van der Waals surface area contributed by atoms with Gasteiger partial charge in [0, 0.05) is 38.9 Å². The molecule has 1 unspecified atom stereocenters. The van der Waals surface area contributed by atoms with Crippen LogP contribution in [-0.4, -0.2) is 66.3 Å². The van der Waals surface area contributed by atoms with E-state index in [4.69, 9.17) is 13.7 Å². The Bertz CT molecular complexity index is 691. The standard InChI is InChI=1S/C18H23N3O4/c22-18(15-12-17(25-19-15)16-5-2-11-24-16)21-7-3-6-20(8-9-21)13-14-4-1-10-23-14/h2,5,11-12,14H,1,3-4,6-10,13H2. The zero-order valence-corrected chi connectivity index (χ0v) is 14.2. The monoisotopic (exact) mass is 345 g/mol. The Hall–Kier alpha value is -2.12. The third kappa shape index (κ3) is 3.77. The first-order valence-corrected chi connectivity index (χ1v) is 8.93. The molecule has 7 heteroatoms. The number of hydrogen-bond acceptors (Lipinski definition) is 6. The topological polar surface area (TPSA) is 72.0 Å².